The quantitative estimate of drug-likeness (QED) is 0.239. The van der Waals surface area contributed by atoms with Gasteiger partial charge in [0.05, 0.1) is 0 Å². The zero-order valence-electron chi connectivity index (χ0n) is 19.2. The number of carboxylic acid groups (broad SMARTS) is 2. The minimum absolute atomic E-state index is 0.117. The molecule has 9 heteroatoms. The first-order valence-corrected chi connectivity index (χ1v) is 13.3. The van der Waals surface area contributed by atoms with Gasteiger partial charge in [0, 0.05) is 33.9 Å². The van der Waals surface area contributed by atoms with E-state index in [0.29, 0.717) is 5.52 Å². The van der Waals surface area contributed by atoms with Crippen LogP contribution in [0.4, 0.5) is 0 Å². The molecule has 4 rings (SSSR count). The molecule has 0 saturated carbocycles. The second-order valence-corrected chi connectivity index (χ2v) is 14.1. The average Bonchev–Trinajstić information content (AvgIpc) is 3.30. The molecule has 4 aromatic rings. The van der Waals surface area contributed by atoms with Gasteiger partial charge in [-0.15, -0.1) is 0 Å². The number of phenolic OH excluding ortho intramolecular Hbond substituents is 1. The average molecular weight is 469 g/mol. The number of aromatic amines is 2. The molecule has 2 aromatic carbocycles. The smallest absolute Gasteiger partial charge is 0.352 e. The Morgan fingerprint density at radius 1 is 0.818 bits per heavy atom. The number of hydrogen-bond donors (Lipinski definition) is 5. The molecule has 0 bridgehead atoms. The third-order valence-corrected chi connectivity index (χ3v) is 10.2. The molecule has 0 amide bonds. The van der Waals surface area contributed by atoms with E-state index in [1.54, 1.807) is 12.1 Å². The van der Waals surface area contributed by atoms with E-state index in [9.17, 15) is 9.59 Å². The summed E-state index contributed by atoms with van der Waals surface area (Å²) in [5.41, 5.74) is 1.74. The van der Waals surface area contributed by atoms with Gasteiger partial charge in [0.2, 0.25) is 8.32 Å². The summed E-state index contributed by atoms with van der Waals surface area (Å²) in [6.45, 7) is 10.9. The Labute approximate surface area is 192 Å². The van der Waals surface area contributed by atoms with E-state index in [0.717, 1.165) is 22.0 Å². The topological polar surface area (TPSA) is 136 Å². The molecule has 0 aliphatic carbocycles. The molecule has 0 aliphatic rings. The van der Waals surface area contributed by atoms with Crippen LogP contribution in [0.5, 0.6) is 11.5 Å². The van der Waals surface area contributed by atoms with Crippen LogP contribution in [0.2, 0.25) is 18.1 Å². The molecular formula is C24H28N2O6Si. The summed E-state index contributed by atoms with van der Waals surface area (Å²) in [7, 11) is -1.88. The van der Waals surface area contributed by atoms with Crippen LogP contribution in [-0.4, -0.2) is 45.5 Å². The van der Waals surface area contributed by atoms with Crippen LogP contribution < -0.4 is 4.43 Å². The predicted molar refractivity (Wildman–Crippen MR) is 130 cm³/mol. The normalized spacial score (nSPS) is 11.8. The first kappa shape index (κ1) is 23.9. The van der Waals surface area contributed by atoms with Gasteiger partial charge in [0.15, 0.2) is 0 Å². The van der Waals surface area contributed by atoms with Gasteiger partial charge in [-0.1, -0.05) is 20.8 Å². The number of aromatic nitrogens is 2. The van der Waals surface area contributed by atoms with Crippen molar-refractivity contribution in [2.24, 2.45) is 0 Å². The maximum Gasteiger partial charge on any atom is 0.352 e. The van der Waals surface area contributed by atoms with Crippen LogP contribution in [-0.2, 0) is 0 Å². The van der Waals surface area contributed by atoms with Gasteiger partial charge in [-0.25, -0.2) is 9.59 Å². The monoisotopic (exact) mass is 468 g/mol. The molecule has 0 saturated heterocycles. The number of rotatable bonds is 4. The number of phenols is 1. The summed E-state index contributed by atoms with van der Waals surface area (Å²) >= 11 is 0. The van der Waals surface area contributed by atoms with Gasteiger partial charge < -0.3 is 29.7 Å². The van der Waals surface area contributed by atoms with Gasteiger partial charge >= 0.3 is 11.9 Å². The molecule has 0 unspecified atom stereocenters. The molecule has 33 heavy (non-hydrogen) atoms. The van der Waals surface area contributed by atoms with Crippen molar-refractivity contribution >= 4 is 42.1 Å². The fraction of sp³-hybridized carbons (Fsp3) is 0.250. The van der Waals surface area contributed by atoms with Crippen LogP contribution >= 0.6 is 0 Å². The van der Waals surface area contributed by atoms with E-state index in [2.05, 4.69) is 43.8 Å². The summed E-state index contributed by atoms with van der Waals surface area (Å²) in [6, 6.07) is 13.5. The maximum atomic E-state index is 11.0. The number of nitrogens with one attached hydrogen (secondary N) is 2. The maximum absolute atomic E-state index is 11.0. The standard InChI is InChI=1S/C15H21NO3Si.C9H7NO3/c1-15(2,3)20(4,5)19-11-7-6-10-8-13(14(17)18)16-12(10)9-11;11-6-2-1-5-3-8(9(12)13)10-7(5)4-6/h6-9,16H,1-5H3,(H,17,18);1-4,10-11H,(H,12,13). The third kappa shape index (κ3) is 5.37. The summed E-state index contributed by atoms with van der Waals surface area (Å²) < 4.78 is 6.22. The molecule has 2 aromatic heterocycles. The Kier molecular flexibility index (Phi) is 6.28. The number of fused-ring (bicyclic) bond motifs is 2. The van der Waals surface area contributed by atoms with Gasteiger partial charge in [0.25, 0.3) is 0 Å². The highest BCUT2D eigenvalue weighted by molar-refractivity contribution is 6.74. The Hall–Kier alpha value is -3.72. The zero-order valence-corrected chi connectivity index (χ0v) is 20.2. The van der Waals surface area contributed by atoms with E-state index >= 15 is 0 Å². The van der Waals surface area contributed by atoms with Crippen molar-refractivity contribution in [3.8, 4) is 11.5 Å². The lowest BCUT2D eigenvalue weighted by Gasteiger charge is -2.36. The fourth-order valence-electron chi connectivity index (χ4n) is 2.96. The second kappa shape index (κ2) is 8.66. The third-order valence-electron chi connectivity index (χ3n) is 5.84. The molecular weight excluding hydrogens is 440 g/mol. The van der Waals surface area contributed by atoms with E-state index < -0.39 is 20.3 Å². The molecule has 174 valence electrons. The predicted octanol–water partition coefficient (Wildman–Crippen LogP) is 5.82. The number of aromatic carboxylic acids is 2. The summed E-state index contributed by atoms with van der Waals surface area (Å²) in [5.74, 6) is -1.04. The van der Waals surface area contributed by atoms with E-state index in [-0.39, 0.29) is 22.2 Å². The Bertz CT molecular complexity index is 1330. The molecule has 0 atom stereocenters. The Morgan fingerprint density at radius 3 is 1.79 bits per heavy atom. The fourth-order valence-corrected chi connectivity index (χ4v) is 3.99. The van der Waals surface area contributed by atoms with Crippen LogP contribution in [0.25, 0.3) is 21.8 Å². The zero-order chi connectivity index (χ0) is 24.6. The number of carboxylic acids is 2. The van der Waals surface area contributed by atoms with Gasteiger partial charge in [-0.2, -0.15) is 0 Å². The molecule has 0 spiro atoms. The van der Waals surface area contributed by atoms with Gasteiger partial charge in [0.1, 0.15) is 22.9 Å². The Balaban J connectivity index is 0.000000203. The van der Waals surface area contributed by atoms with Crippen molar-refractivity contribution in [1.82, 2.24) is 9.97 Å². The van der Waals surface area contributed by atoms with Crippen molar-refractivity contribution in [1.29, 1.82) is 0 Å². The van der Waals surface area contributed by atoms with Gasteiger partial charge in [-0.05, 0) is 54.5 Å². The number of aromatic hydroxyl groups is 1. The largest absolute Gasteiger partial charge is 0.543 e. The van der Waals surface area contributed by atoms with Crippen molar-refractivity contribution in [2.45, 2.75) is 38.9 Å². The molecule has 8 nitrogen and oxygen atoms in total. The molecule has 0 aliphatic heterocycles. The highest BCUT2D eigenvalue weighted by Gasteiger charge is 2.39. The highest BCUT2D eigenvalue weighted by atomic mass is 28.4. The molecule has 5 N–H and O–H groups in total. The van der Waals surface area contributed by atoms with E-state index in [1.165, 1.54) is 18.2 Å². The SMILES string of the molecule is CC(C)(C)[Si](C)(C)Oc1ccc2cc(C(=O)O)[nH]c2c1.O=C(O)c1cc2ccc(O)cc2[nH]1. The number of benzene rings is 2. The minimum Gasteiger partial charge on any atom is -0.543 e. The van der Waals surface area contributed by atoms with E-state index in [4.69, 9.17) is 19.7 Å². The van der Waals surface area contributed by atoms with Crippen LogP contribution in [0.1, 0.15) is 41.7 Å². The van der Waals surface area contributed by atoms with Crippen LogP contribution in [0.3, 0.4) is 0 Å². The van der Waals surface area contributed by atoms with Crippen LogP contribution in [0.15, 0.2) is 48.5 Å². The van der Waals surface area contributed by atoms with E-state index in [1.807, 2.05) is 18.2 Å². The Morgan fingerprint density at radius 2 is 1.30 bits per heavy atom. The lowest BCUT2D eigenvalue weighted by Crippen LogP contribution is -2.43. The second-order valence-electron chi connectivity index (χ2n) is 9.36. The molecule has 0 radical (unpaired) electrons. The number of carbonyl (C=O) groups is 2. The minimum atomic E-state index is -1.88. The highest BCUT2D eigenvalue weighted by Crippen LogP contribution is 2.37. The van der Waals surface area contributed by atoms with Crippen LogP contribution in [0, 0.1) is 0 Å². The summed E-state index contributed by atoms with van der Waals surface area (Å²) in [4.78, 5) is 27.1. The number of hydrogen-bond acceptors (Lipinski definition) is 4. The first-order chi connectivity index (χ1) is 15.3. The van der Waals surface area contributed by atoms with Crippen molar-refractivity contribution in [3.05, 3.63) is 59.9 Å². The summed E-state index contributed by atoms with van der Waals surface area (Å²) in [6.07, 6.45) is 0. The van der Waals surface area contributed by atoms with Crippen molar-refractivity contribution < 1.29 is 29.3 Å². The lowest BCUT2D eigenvalue weighted by atomic mass is 10.2. The van der Waals surface area contributed by atoms with Crippen molar-refractivity contribution in [3.63, 3.8) is 0 Å². The number of H-pyrrole nitrogens is 2. The first-order valence-electron chi connectivity index (χ1n) is 10.4. The van der Waals surface area contributed by atoms with Crippen molar-refractivity contribution in [2.75, 3.05) is 0 Å². The lowest BCUT2D eigenvalue weighted by molar-refractivity contribution is 0.0681. The molecule has 0 fully saturated rings. The van der Waals surface area contributed by atoms with Gasteiger partial charge in [-0.3, -0.25) is 0 Å². The molecule has 2 heterocycles. The summed E-state index contributed by atoms with van der Waals surface area (Å²) in [5, 5.41) is 28.5.